The summed E-state index contributed by atoms with van der Waals surface area (Å²) in [7, 11) is 0. The van der Waals surface area contributed by atoms with Gasteiger partial charge in [-0.3, -0.25) is 9.59 Å². The van der Waals surface area contributed by atoms with E-state index in [4.69, 9.17) is 0 Å². The Kier molecular flexibility index (Phi) is 2.76. The number of carbonyl (C=O) groups is 2. The van der Waals surface area contributed by atoms with Crippen LogP contribution in [-0.2, 0) is 0 Å². The van der Waals surface area contributed by atoms with Crippen molar-refractivity contribution >= 4 is 44.9 Å². The lowest BCUT2D eigenvalue weighted by molar-refractivity contribution is 0.109. The molecule has 0 bridgehead atoms. The molecule has 0 aliphatic carbocycles. The lowest BCUT2D eigenvalue weighted by Crippen LogP contribution is -1.96. The first-order valence-electron chi connectivity index (χ1n) is 7.11. The van der Waals surface area contributed by atoms with Gasteiger partial charge in [0.05, 0.1) is 0 Å². The van der Waals surface area contributed by atoms with Crippen LogP contribution >= 0.6 is 0 Å². The minimum Gasteiger partial charge on any atom is -0.298 e. The lowest BCUT2D eigenvalue weighted by atomic mass is 9.91. The SMILES string of the molecule is O=Cc1c(C=O)c2cc3ccccc3cc2c2ccccc12. The first-order valence-corrected chi connectivity index (χ1v) is 7.11. The summed E-state index contributed by atoms with van der Waals surface area (Å²) in [6.07, 6.45) is 1.56. The topological polar surface area (TPSA) is 34.1 Å². The van der Waals surface area contributed by atoms with Crippen LogP contribution in [0.15, 0.2) is 60.7 Å². The van der Waals surface area contributed by atoms with E-state index in [1.54, 1.807) is 0 Å². The minimum atomic E-state index is 0.466. The molecule has 0 unspecified atom stereocenters. The normalized spacial score (nSPS) is 11.1. The van der Waals surface area contributed by atoms with Crippen LogP contribution < -0.4 is 0 Å². The average Bonchev–Trinajstić information content (AvgIpc) is 2.59. The van der Waals surface area contributed by atoms with E-state index in [0.717, 1.165) is 44.9 Å². The summed E-state index contributed by atoms with van der Waals surface area (Å²) in [4.78, 5) is 23.2. The van der Waals surface area contributed by atoms with E-state index >= 15 is 0 Å². The standard InChI is InChI=1S/C20H12O2/c21-11-19-16-8-4-3-7-15(16)17-9-13-5-1-2-6-14(13)10-18(17)20(19)12-22/h1-12H. The molecule has 0 amide bonds. The Morgan fingerprint density at radius 1 is 0.545 bits per heavy atom. The zero-order chi connectivity index (χ0) is 15.1. The predicted molar refractivity (Wildman–Crippen MR) is 89.7 cm³/mol. The van der Waals surface area contributed by atoms with E-state index in [1.165, 1.54) is 0 Å². The molecular weight excluding hydrogens is 272 g/mol. The summed E-state index contributed by atoms with van der Waals surface area (Å²) in [5, 5.41) is 5.83. The van der Waals surface area contributed by atoms with Gasteiger partial charge in [-0.25, -0.2) is 0 Å². The van der Waals surface area contributed by atoms with Gasteiger partial charge in [0.25, 0.3) is 0 Å². The maximum Gasteiger partial charge on any atom is 0.151 e. The van der Waals surface area contributed by atoms with Crippen LogP contribution in [0, 0.1) is 0 Å². The van der Waals surface area contributed by atoms with E-state index in [1.807, 2.05) is 48.5 Å². The van der Waals surface area contributed by atoms with Crippen molar-refractivity contribution in [3.05, 3.63) is 71.8 Å². The number of aldehydes is 2. The van der Waals surface area contributed by atoms with Crippen LogP contribution in [0.3, 0.4) is 0 Å². The van der Waals surface area contributed by atoms with E-state index in [2.05, 4.69) is 12.1 Å². The van der Waals surface area contributed by atoms with Crippen LogP contribution in [0.25, 0.3) is 32.3 Å². The van der Waals surface area contributed by atoms with Crippen LogP contribution in [0.1, 0.15) is 20.7 Å². The van der Waals surface area contributed by atoms with Crippen LogP contribution in [0.4, 0.5) is 0 Å². The maximum atomic E-state index is 11.6. The van der Waals surface area contributed by atoms with Gasteiger partial charge in [0.2, 0.25) is 0 Å². The summed E-state index contributed by atoms with van der Waals surface area (Å²) in [6, 6.07) is 19.8. The highest BCUT2D eigenvalue weighted by atomic mass is 16.1. The van der Waals surface area contributed by atoms with Crippen molar-refractivity contribution < 1.29 is 9.59 Å². The van der Waals surface area contributed by atoms with Crippen molar-refractivity contribution in [3.63, 3.8) is 0 Å². The Morgan fingerprint density at radius 3 is 1.68 bits per heavy atom. The zero-order valence-electron chi connectivity index (χ0n) is 11.7. The molecule has 0 saturated heterocycles. The Bertz CT molecular complexity index is 1060. The van der Waals surface area contributed by atoms with Gasteiger partial charge in [-0.2, -0.15) is 0 Å². The molecule has 0 aromatic heterocycles. The fourth-order valence-corrected chi connectivity index (χ4v) is 3.18. The minimum absolute atomic E-state index is 0.466. The molecule has 0 aliphatic heterocycles. The summed E-state index contributed by atoms with van der Waals surface area (Å²) in [5.74, 6) is 0. The molecule has 0 aliphatic rings. The molecule has 104 valence electrons. The van der Waals surface area contributed by atoms with Crippen molar-refractivity contribution in [2.45, 2.75) is 0 Å². The Hall–Kier alpha value is -3.00. The van der Waals surface area contributed by atoms with Crippen molar-refractivity contribution in [2.75, 3.05) is 0 Å². The van der Waals surface area contributed by atoms with Gasteiger partial charge < -0.3 is 0 Å². The number of carbonyl (C=O) groups excluding carboxylic acids is 2. The second-order valence-electron chi connectivity index (χ2n) is 5.35. The highest BCUT2D eigenvalue weighted by Gasteiger charge is 2.13. The number of rotatable bonds is 2. The third-order valence-electron chi connectivity index (χ3n) is 4.21. The molecule has 0 atom stereocenters. The molecule has 22 heavy (non-hydrogen) atoms. The van der Waals surface area contributed by atoms with Crippen LogP contribution in [-0.4, -0.2) is 12.6 Å². The van der Waals surface area contributed by atoms with Crippen LogP contribution in [0.2, 0.25) is 0 Å². The molecule has 0 heterocycles. The van der Waals surface area contributed by atoms with E-state index in [9.17, 15) is 9.59 Å². The molecule has 2 heteroatoms. The van der Waals surface area contributed by atoms with Gasteiger partial charge in [0, 0.05) is 11.1 Å². The second kappa shape index (κ2) is 4.78. The predicted octanol–water partition coefficient (Wildman–Crippen LogP) is 4.77. The lowest BCUT2D eigenvalue weighted by Gasteiger charge is -2.11. The Labute approximate surface area is 127 Å². The molecule has 4 aromatic rings. The molecular formula is C20H12O2. The first-order chi connectivity index (χ1) is 10.8. The van der Waals surface area contributed by atoms with Crippen molar-refractivity contribution in [3.8, 4) is 0 Å². The van der Waals surface area contributed by atoms with E-state index < -0.39 is 0 Å². The van der Waals surface area contributed by atoms with Crippen molar-refractivity contribution in [1.29, 1.82) is 0 Å². The van der Waals surface area contributed by atoms with Gasteiger partial charge in [0.1, 0.15) is 0 Å². The Morgan fingerprint density at radius 2 is 1.05 bits per heavy atom. The highest BCUT2D eigenvalue weighted by molar-refractivity contribution is 6.22. The third-order valence-corrected chi connectivity index (χ3v) is 4.21. The molecule has 4 aromatic carbocycles. The van der Waals surface area contributed by atoms with Crippen molar-refractivity contribution in [1.82, 2.24) is 0 Å². The summed E-state index contributed by atoms with van der Waals surface area (Å²) in [6.45, 7) is 0. The quantitative estimate of drug-likeness (QED) is 0.302. The monoisotopic (exact) mass is 284 g/mol. The molecule has 2 nitrogen and oxygen atoms in total. The highest BCUT2D eigenvalue weighted by Crippen LogP contribution is 2.34. The van der Waals surface area contributed by atoms with Gasteiger partial charge in [-0.05, 0) is 44.5 Å². The summed E-state index contributed by atoms with van der Waals surface area (Å²) >= 11 is 0. The molecule has 0 fully saturated rings. The van der Waals surface area contributed by atoms with E-state index in [-0.39, 0.29) is 0 Å². The summed E-state index contributed by atoms with van der Waals surface area (Å²) in [5.41, 5.74) is 0.933. The molecule has 0 radical (unpaired) electrons. The fraction of sp³-hybridized carbons (Fsp3) is 0. The fourth-order valence-electron chi connectivity index (χ4n) is 3.18. The maximum absolute atomic E-state index is 11.6. The van der Waals surface area contributed by atoms with Gasteiger partial charge in [0.15, 0.2) is 12.6 Å². The number of benzene rings is 4. The van der Waals surface area contributed by atoms with Crippen LogP contribution in [0.5, 0.6) is 0 Å². The van der Waals surface area contributed by atoms with Gasteiger partial charge in [-0.1, -0.05) is 48.5 Å². The first kappa shape index (κ1) is 12.7. The number of hydrogen-bond acceptors (Lipinski definition) is 2. The smallest absolute Gasteiger partial charge is 0.151 e. The second-order valence-corrected chi connectivity index (χ2v) is 5.35. The molecule has 4 rings (SSSR count). The third kappa shape index (κ3) is 1.67. The molecule has 0 N–H and O–H groups in total. The van der Waals surface area contributed by atoms with E-state index in [0.29, 0.717) is 11.1 Å². The molecule has 0 saturated carbocycles. The van der Waals surface area contributed by atoms with Gasteiger partial charge >= 0.3 is 0 Å². The summed E-state index contributed by atoms with van der Waals surface area (Å²) < 4.78 is 0. The zero-order valence-corrected chi connectivity index (χ0v) is 11.7. The van der Waals surface area contributed by atoms with Crippen molar-refractivity contribution in [2.24, 2.45) is 0 Å². The molecule has 0 spiro atoms. The number of hydrogen-bond donors (Lipinski definition) is 0. The van der Waals surface area contributed by atoms with Gasteiger partial charge in [-0.15, -0.1) is 0 Å². The largest absolute Gasteiger partial charge is 0.298 e. The Balaban J connectivity index is 2.36. The number of fused-ring (bicyclic) bond motifs is 4. The average molecular weight is 284 g/mol.